The average molecular weight is 285 g/mol. The standard InChI is InChI=1S/C16H16FN3O/c17-12-4-1-5-13(9-12)19-16(21)20-14-7-6-11-3-2-8-18-15(11)10-14/h1,4-7,9-10,18H,2-3,8H2,(H2,19,20,21). The molecular formula is C16H16FN3O. The van der Waals surface area contributed by atoms with Gasteiger partial charge >= 0.3 is 6.03 Å². The summed E-state index contributed by atoms with van der Waals surface area (Å²) in [6.07, 6.45) is 2.18. The number of amides is 2. The molecule has 0 fully saturated rings. The Morgan fingerprint density at radius 1 is 1.10 bits per heavy atom. The van der Waals surface area contributed by atoms with Gasteiger partial charge in [0.15, 0.2) is 0 Å². The van der Waals surface area contributed by atoms with E-state index < -0.39 is 6.03 Å². The summed E-state index contributed by atoms with van der Waals surface area (Å²) in [5.41, 5.74) is 3.45. The number of rotatable bonds is 2. The van der Waals surface area contributed by atoms with Gasteiger partial charge in [-0.05, 0) is 48.7 Å². The fourth-order valence-corrected chi connectivity index (χ4v) is 2.40. The maximum atomic E-state index is 13.1. The van der Waals surface area contributed by atoms with Crippen LogP contribution in [0.4, 0.5) is 26.2 Å². The van der Waals surface area contributed by atoms with Crippen LogP contribution in [0.2, 0.25) is 0 Å². The molecular weight excluding hydrogens is 269 g/mol. The molecule has 1 heterocycles. The van der Waals surface area contributed by atoms with E-state index >= 15 is 0 Å². The zero-order valence-corrected chi connectivity index (χ0v) is 11.4. The highest BCUT2D eigenvalue weighted by atomic mass is 19.1. The van der Waals surface area contributed by atoms with Crippen LogP contribution in [0, 0.1) is 5.82 Å². The lowest BCUT2D eigenvalue weighted by Gasteiger charge is -2.19. The highest BCUT2D eigenvalue weighted by Crippen LogP contribution is 2.25. The van der Waals surface area contributed by atoms with Gasteiger partial charge in [0.05, 0.1) is 0 Å². The Morgan fingerprint density at radius 2 is 1.90 bits per heavy atom. The van der Waals surface area contributed by atoms with Crippen LogP contribution in [-0.4, -0.2) is 12.6 Å². The Balaban J connectivity index is 1.67. The van der Waals surface area contributed by atoms with E-state index in [0.29, 0.717) is 11.4 Å². The number of halogens is 1. The molecule has 0 atom stereocenters. The highest BCUT2D eigenvalue weighted by Gasteiger charge is 2.10. The van der Waals surface area contributed by atoms with Gasteiger partial charge in [-0.2, -0.15) is 0 Å². The number of anilines is 3. The Morgan fingerprint density at radius 3 is 2.71 bits per heavy atom. The molecule has 0 aromatic heterocycles. The molecule has 2 amide bonds. The number of hydrogen-bond acceptors (Lipinski definition) is 2. The SMILES string of the molecule is O=C(Nc1cccc(F)c1)Nc1ccc2c(c1)NCCC2. The van der Waals surface area contributed by atoms with Crippen LogP contribution in [0.1, 0.15) is 12.0 Å². The minimum Gasteiger partial charge on any atom is -0.385 e. The molecule has 0 saturated heterocycles. The topological polar surface area (TPSA) is 53.2 Å². The van der Waals surface area contributed by atoms with Gasteiger partial charge in [-0.15, -0.1) is 0 Å². The number of benzene rings is 2. The van der Waals surface area contributed by atoms with E-state index in [1.54, 1.807) is 12.1 Å². The normalized spacial score (nSPS) is 13.0. The molecule has 0 radical (unpaired) electrons. The molecule has 4 nitrogen and oxygen atoms in total. The molecule has 3 N–H and O–H groups in total. The quantitative estimate of drug-likeness (QED) is 0.785. The number of hydrogen-bond donors (Lipinski definition) is 3. The lowest BCUT2D eigenvalue weighted by atomic mass is 10.0. The number of aryl methyl sites for hydroxylation is 1. The second kappa shape index (κ2) is 5.83. The first-order valence-electron chi connectivity index (χ1n) is 6.91. The zero-order valence-electron chi connectivity index (χ0n) is 11.4. The third-order valence-corrected chi connectivity index (χ3v) is 3.39. The summed E-state index contributed by atoms with van der Waals surface area (Å²) in [7, 11) is 0. The summed E-state index contributed by atoms with van der Waals surface area (Å²) in [5.74, 6) is -0.384. The summed E-state index contributed by atoms with van der Waals surface area (Å²) in [4.78, 5) is 11.9. The number of carbonyl (C=O) groups is 1. The van der Waals surface area contributed by atoms with Crippen molar-refractivity contribution in [2.75, 3.05) is 22.5 Å². The molecule has 21 heavy (non-hydrogen) atoms. The highest BCUT2D eigenvalue weighted by molar-refractivity contribution is 6.00. The van der Waals surface area contributed by atoms with Gasteiger partial charge in [0, 0.05) is 23.6 Å². The van der Waals surface area contributed by atoms with Gasteiger partial charge in [0.25, 0.3) is 0 Å². The minimum atomic E-state index is -0.392. The third-order valence-electron chi connectivity index (χ3n) is 3.39. The average Bonchev–Trinajstić information content (AvgIpc) is 2.47. The number of nitrogens with one attached hydrogen (secondary N) is 3. The summed E-state index contributed by atoms with van der Waals surface area (Å²) in [5, 5.41) is 8.66. The van der Waals surface area contributed by atoms with Crippen LogP contribution in [0.25, 0.3) is 0 Å². The van der Waals surface area contributed by atoms with E-state index in [1.165, 1.54) is 17.7 Å². The maximum absolute atomic E-state index is 13.1. The van der Waals surface area contributed by atoms with Crippen molar-refractivity contribution in [1.82, 2.24) is 0 Å². The van der Waals surface area contributed by atoms with Gasteiger partial charge in [-0.3, -0.25) is 0 Å². The molecule has 0 spiro atoms. The number of carbonyl (C=O) groups excluding carboxylic acids is 1. The van der Waals surface area contributed by atoms with E-state index in [4.69, 9.17) is 0 Å². The molecule has 5 heteroatoms. The molecule has 0 bridgehead atoms. The van der Waals surface area contributed by atoms with Crippen molar-refractivity contribution >= 4 is 23.1 Å². The van der Waals surface area contributed by atoms with Gasteiger partial charge in [0.1, 0.15) is 5.82 Å². The second-order valence-electron chi connectivity index (χ2n) is 4.99. The fourth-order valence-electron chi connectivity index (χ4n) is 2.40. The summed E-state index contributed by atoms with van der Waals surface area (Å²) in [6, 6.07) is 11.2. The van der Waals surface area contributed by atoms with Crippen molar-refractivity contribution in [1.29, 1.82) is 0 Å². The maximum Gasteiger partial charge on any atom is 0.323 e. The largest absolute Gasteiger partial charge is 0.385 e. The van der Waals surface area contributed by atoms with Gasteiger partial charge in [-0.25, -0.2) is 9.18 Å². The van der Waals surface area contributed by atoms with Crippen LogP contribution in [0.3, 0.4) is 0 Å². The van der Waals surface area contributed by atoms with Crippen LogP contribution in [0.5, 0.6) is 0 Å². The van der Waals surface area contributed by atoms with E-state index in [9.17, 15) is 9.18 Å². The molecule has 0 saturated carbocycles. The van der Waals surface area contributed by atoms with Crippen molar-refractivity contribution in [3.05, 3.63) is 53.8 Å². The fraction of sp³-hybridized carbons (Fsp3) is 0.188. The predicted octanol–water partition coefficient (Wildman–Crippen LogP) is 3.83. The first kappa shape index (κ1) is 13.4. The molecule has 2 aromatic carbocycles. The molecule has 108 valence electrons. The second-order valence-corrected chi connectivity index (χ2v) is 4.99. The predicted molar refractivity (Wildman–Crippen MR) is 82.3 cm³/mol. The number of fused-ring (bicyclic) bond motifs is 1. The Bertz CT molecular complexity index is 672. The van der Waals surface area contributed by atoms with Gasteiger partial charge < -0.3 is 16.0 Å². The monoisotopic (exact) mass is 285 g/mol. The van der Waals surface area contributed by atoms with Crippen molar-refractivity contribution in [2.45, 2.75) is 12.8 Å². The van der Waals surface area contributed by atoms with Gasteiger partial charge in [-0.1, -0.05) is 12.1 Å². The van der Waals surface area contributed by atoms with E-state index in [0.717, 1.165) is 25.1 Å². The van der Waals surface area contributed by atoms with Crippen LogP contribution in [0.15, 0.2) is 42.5 Å². The van der Waals surface area contributed by atoms with Crippen LogP contribution >= 0.6 is 0 Å². The van der Waals surface area contributed by atoms with E-state index in [2.05, 4.69) is 16.0 Å². The summed E-state index contributed by atoms with van der Waals surface area (Å²) >= 11 is 0. The van der Waals surface area contributed by atoms with Crippen molar-refractivity contribution in [3.8, 4) is 0 Å². The molecule has 2 aromatic rings. The van der Waals surface area contributed by atoms with E-state index in [-0.39, 0.29) is 5.82 Å². The molecule has 1 aliphatic heterocycles. The van der Waals surface area contributed by atoms with Crippen molar-refractivity contribution in [2.24, 2.45) is 0 Å². The summed E-state index contributed by atoms with van der Waals surface area (Å²) in [6.45, 7) is 0.950. The summed E-state index contributed by atoms with van der Waals surface area (Å²) < 4.78 is 13.1. The Labute approximate surface area is 122 Å². The lowest BCUT2D eigenvalue weighted by molar-refractivity contribution is 0.262. The van der Waals surface area contributed by atoms with E-state index in [1.807, 2.05) is 18.2 Å². The molecule has 3 rings (SSSR count). The molecule has 0 aliphatic carbocycles. The first-order chi connectivity index (χ1) is 10.2. The first-order valence-corrected chi connectivity index (χ1v) is 6.91. The third kappa shape index (κ3) is 3.31. The smallest absolute Gasteiger partial charge is 0.323 e. The van der Waals surface area contributed by atoms with Gasteiger partial charge in [0.2, 0.25) is 0 Å². The van der Waals surface area contributed by atoms with Crippen LogP contribution in [-0.2, 0) is 6.42 Å². The Hall–Kier alpha value is -2.56. The molecule has 0 unspecified atom stereocenters. The number of urea groups is 1. The van der Waals surface area contributed by atoms with Crippen molar-refractivity contribution in [3.63, 3.8) is 0 Å². The minimum absolute atomic E-state index is 0.384. The zero-order chi connectivity index (χ0) is 14.7. The van der Waals surface area contributed by atoms with Crippen LogP contribution < -0.4 is 16.0 Å². The Kier molecular flexibility index (Phi) is 3.73. The van der Waals surface area contributed by atoms with Crippen molar-refractivity contribution < 1.29 is 9.18 Å². The lowest BCUT2D eigenvalue weighted by Crippen LogP contribution is -2.20. The molecule has 1 aliphatic rings.